The van der Waals surface area contributed by atoms with Crippen LogP contribution in [0.15, 0.2) is 18.9 Å². The van der Waals surface area contributed by atoms with E-state index in [1.807, 2.05) is 0 Å². The fourth-order valence-electron chi connectivity index (χ4n) is 2.11. The molecule has 0 saturated carbocycles. The maximum Gasteiger partial charge on any atom is 0.410 e. The Kier molecular flexibility index (Phi) is 4.34. The molecule has 1 saturated heterocycles. The number of piperidine rings is 1. The highest BCUT2D eigenvalue weighted by Crippen LogP contribution is 2.21. The summed E-state index contributed by atoms with van der Waals surface area (Å²) in [7, 11) is 0. The Morgan fingerprint density at radius 3 is 3.05 bits per heavy atom. The summed E-state index contributed by atoms with van der Waals surface area (Å²) in [6.07, 6.45) is 4.11. The van der Waals surface area contributed by atoms with Crippen LogP contribution in [0.4, 0.5) is 4.79 Å². The van der Waals surface area contributed by atoms with Crippen molar-refractivity contribution in [2.45, 2.75) is 18.9 Å². The van der Waals surface area contributed by atoms with Gasteiger partial charge in [0.2, 0.25) is 0 Å². The number of carboxylic acid groups (broad SMARTS) is 1. The Morgan fingerprint density at radius 1 is 1.60 bits per heavy atom. The predicted molar refractivity (Wildman–Crippen MR) is 68.4 cm³/mol. The van der Waals surface area contributed by atoms with E-state index in [2.05, 4.69) is 16.9 Å². The molecular weight excluding hydrogens is 264 g/mol. The lowest BCUT2D eigenvalue weighted by Gasteiger charge is -2.31. The van der Waals surface area contributed by atoms with Crippen molar-refractivity contribution in [2.24, 2.45) is 0 Å². The second-order valence-electron chi connectivity index (χ2n) is 4.50. The molecule has 8 nitrogen and oxygen atoms in total. The number of aromatic carboxylic acids is 1. The highest BCUT2D eigenvalue weighted by Gasteiger charge is 2.26. The van der Waals surface area contributed by atoms with E-state index >= 15 is 0 Å². The van der Waals surface area contributed by atoms with Crippen LogP contribution in [0, 0.1) is 0 Å². The average molecular weight is 280 g/mol. The summed E-state index contributed by atoms with van der Waals surface area (Å²) in [5, 5.41) is 16.2. The van der Waals surface area contributed by atoms with Crippen molar-refractivity contribution in [3.8, 4) is 0 Å². The predicted octanol–water partition coefficient (Wildman–Crippen LogP) is 0.936. The number of carboxylic acids is 1. The molecular formula is C12H16N4O4. The standard InChI is InChI=1S/C12H16N4O4/c1-2-6-20-12(19)15-5-3-4-9(7-15)16-8-10(11(17)18)13-14-16/h2,8-9H,1,3-7H2,(H,17,18). The van der Waals surface area contributed by atoms with Crippen molar-refractivity contribution in [2.75, 3.05) is 19.7 Å². The summed E-state index contributed by atoms with van der Waals surface area (Å²) in [5.74, 6) is -1.12. The fourth-order valence-corrected chi connectivity index (χ4v) is 2.11. The molecule has 2 heterocycles. The van der Waals surface area contributed by atoms with Gasteiger partial charge in [-0.2, -0.15) is 0 Å². The van der Waals surface area contributed by atoms with Crippen molar-refractivity contribution in [3.63, 3.8) is 0 Å². The van der Waals surface area contributed by atoms with Crippen molar-refractivity contribution in [1.82, 2.24) is 19.9 Å². The topological polar surface area (TPSA) is 97.5 Å². The first-order valence-corrected chi connectivity index (χ1v) is 6.29. The van der Waals surface area contributed by atoms with Gasteiger partial charge in [-0.1, -0.05) is 17.9 Å². The third kappa shape index (κ3) is 3.14. The molecule has 1 unspecified atom stereocenters. The summed E-state index contributed by atoms with van der Waals surface area (Å²) in [6, 6.07) is -0.0827. The van der Waals surface area contributed by atoms with Crippen LogP contribution in [0.1, 0.15) is 29.4 Å². The van der Waals surface area contributed by atoms with Crippen LogP contribution in [0.5, 0.6) is 0 Å². The Labute approximate surface area is 115 Å². The van der Waals surface area contributed by atoms with Crippen LogP contribution in [0.25, 0.3) is 0 Å². The molecule has 8 heteroatoms. The van der Waals surface area contributed by atoms with Crippen LogP contribution < -0.4 is 0 Å². The van der Waals surface area contributed by atoms with Crippen molar-refractivity contribution >= 4 is 12.1 Å². The van der Waals surface area contributed by atoms with Gasteiger partial charge in [-0.3, -0.25) is 0 Å². The van der Waals surface area contributed by atoms with Gasteiger partial charge in [-0.05, 0) is 12.8 Å². The first-order chi connectivity index (χ1) is 9.61. The maximum atomic E-state index is 11.8. The van der Waals surface area contributed by atoms with Gasteiger partial charge in [0.1, 0.15) is 6.61 Å². The van der Waals surface area contributed by atoms with Crippen molar-refractivity contribution < 1.29 is 19.4 Å². The van der Waals surface area contributed by atoms with E-state index in [1.165, 1.54) is 17.0 Å². The minimum absolute atomic E-state index is 0.0827. The number of aromatic nitrogens is 3. The summed E-state index contributed by atoms with van der Waals surface area (Å²) in [5.41, 5.74) is -0.101. The second-order valence-corrected chi connectivity index (χ2v) is 4.50. The minimum Gasteiger partial charge on any atom is -0.476 e. The Hall–Kier alpha value is -2.38. The van der Waals surface area contributed by atoms with E-state index in [9.17, 15) is 9.59 Å². The maximum absolute atomic E-state index is 11.8. The molecule has 1 N–H and O–H groups in total. The van der Waals surface area contributed by atoms with Crippen LogP contribution in [-0.4, -0.2) is 56.8 Å². The molecule has 0 spiro atoms. The molecule has 1 aliphatic heterocycles. The number of likely N-dealkylation sites (tertiary alicyclic amines) is 1. The molecule has 0 aliphatic carbocycles. The van der Waals surface area contributed by atoms with E-state index in [0.717, 1.165) is 12.8 Å². The quantitative estimate of drug-likeness (QED) is 0.824. The number of hydrogen-bond donors (Lipinski definition) is 1. The van der Waals surface area contributed by atoms with Gasteiger partial charge < -0.3 is 14.7 Å². The monoisotopic (exact) mass is 280 g/mol. The van der Waals surface area contributed by atoms with Gasteiger partial charge in [0.25, 0.3) is 0 Å². The number of hydrogen-bond acceptors (Lipinski definition) is 5. The molecule has 1 amide bonds. The zero-order chi connectivity index (χ0) is 14.5. The van der Waals surface area contributed by atoms with Gasteiger partial charge in [0, 0.05) is 13.1 Å². The van der Waals surface area contributed by atoms with Crippen LogP contribution in [0.3, 0.4) is 0 Å². The first-order valence-electron chi connectivity index (χ1n) is 6.29. The van der Waals surface area contributed by atoms with Gasteiger partial charge in [0.15, 0.2) is 5.69 Å². The van der Waals surface area contributed by atoms with Crippen molar-refractivity contribution in [1.29, 1.82) is 0 Å². The fraction of sp³-hybridized carbons (Fsp3) is 0.500. The zero-order valence-electron chi connectivity index (χ0n) is 10.9. The van der Waals surface area contributed by atoms with E-state index in [-0.39, 0.29) is 18.3 Å². The van der Waals surface area contributed by atoms with Crippen LogP contribution >= 0.6 is 0 Å². The largest absolute Gasteiger partial charge is 0.476 e. The molecule has 0 aromatic carbocycles. The third-order valence-electron chi connectivity index (χ3n) is 3.08. The number of nitrogens with zero attached hydrogens (tertiary/aromatic N) is 4. The Balaban J connectivity index is 2.00. The smallest absolute Gasteiger partial charge is 0.410 e. The number of carbonyl (C=O) groups excluding carboxylic acids is 1. The lowest BCUT2D eigenvalue weighted by atomic mass is 10.1. The van der Waals surface area contributed by atoms with E-state index in [1.54, 1.807) is 4.90 Å². The van der Waals surface area contributed by atoms with Crippen LogP contribution in [0.2, 0.25) is 0 Å². The minimum atomic E-state index is -1.12. The lowest BCUT2D eigenvalue weighted by molar-refractivity contribution is 0.0689. The molecule has 0 bridgehead atoms. The molecule has 1 atom stereocenters. The summed E-state index contributed by atoms with van der Waals surface area (Å²) >= 11 is 0. The summed E-state index contributed by atoms with van der Waals surface area (Å²) in [4.78, 5) is 24.1. The molecule has 0 radical (unpaired) electrons. The average Bonchev–Trinajstić information content (AvgIpc) is 2.95. The van der Waals surface area contributed by atoms with E-state index < -0.39 is 12.1 Å². The SMILES string of the molecule is C=CCOC(=O)N1CCCC(n2cc(C(=O)O)nn2)C1. The number of ether oxygens (including phenoxy) is 1. The lowest BCUT2D eigenvalue weighted by Crippen LogP contribution is -2.41. The molecule has 1 aliphatic rings. The molecule has 1 aromatic rings. The van der Waals surface area contributed by atoms with Crippen molar-refractivity contribution in [3.05, 3.63) is 24.5 Å². The molecule has 108 valence electrons. The molecule has 20 heavy (non-hydrogen) atoms. The zero-order valence-corrected chi connectivity index (χ0v) is 10.9. The normalized spacial score (nSPS) is 18.6. The van der Waals surface area contributed by atoms with Gasteiger partial charge in [0.05, 0.1) is 12.2 Å². The molecule has 2 rings (SSSR count). The summed E-state index contributed by atoms with van der Waals surface area (Å²) < 4.78 is 6.48. The number of rotatable bonds is 4. The van der Waals surface area contributed by atoms with Gasteiger partial charge in [-0.15, -0.1) is 5.10 Å². The Bertz CT molecular complexity index is 513. The van der Waals surface area contributed by atoms with E-state index in [0.29, 0.717) is 13.1 Å². The Morgan fingerprint density at radius 2 is 2.40 bits per heavy atom. The number of carbonyl (C=O) groups is 2. The van der Waals surface area contributed by atoms with Gasteiger partial charge in [-0.25, -0.2) is 14.3 Å². The second kappa shape index (κ2) is 6.18. The summed E-state index contributed by atoms with van der Waals surface area (Å²) in [6.45, 7) is 4.71. The third-order valence-corrected chi connectivity index (χ3v) is 3.08. The van der Waals surface area contributed by atoms with Gasteiger partial charge >= 0.3 is 12.1 Å². The van der Waals surface area contributed by atoms with Crippen LogP contribution in [-0.2, 0) is 4.74 Å². The number of amides is 1. The highest BCUT2D eigenvalue weighted by molar-refractivity contribution is 5.84. The first kappa shape index (κ1) is 14.0. The molecule has 1 fully saturated rings. The van der Waals surface area contributed by atoms with E-state index in [4.69, 9.17) is 9.84 Å². The highest BCUT2D eigenvalue weighted by atomic mass is 16.6. The molecule has 1 aromatic heterocycles.